The lowest BCUT2D eigenvalue weighted by Crippen LogP contribution is -2.53. The zero-order valence-corrected chi connectivity index (χ0v) is 10.1. The Hall–Kier alpha value is -1.79. The Morgan fingerprint density at radius 2 is 1.83 bits per heavy atom. The van der Waals surface area contributed by atoms with Crippen LogP contribution in [-0.4, -0.2) is 45.1 Å². The van der Waals surface area contributed by atoms with E-state index >= 15 is 0 Å². The number of aliphatic hydroxyl groups excluding tert-OH is 2. The molecule has 5 N–H and O–H groups in total. The molecular formula is C12H17NO5. The third-order valence-corrected chi connectivity index (χ3v) is 2.90. The highest BCUT2D eigenvalue weighted by Crippen LogP contribution is 2.25. The van der Waals surface area contributed by atoms with Gasteiger partial charge < -0.3 is 25.7 Å². The van der Waals surface area contributed by atoms with Gasteiger partial charge in [0.25, 0.3) is 5.91 Å². The first kappa shape index (κ1) is 14.3. The number of hydrogen-bond acceptors (Lipinski definition) is 5. The predicted molar refractivity (Wildman–Crippen MR) is 64.4 cm³/mol. The van der Waals surface area contributed by atoms with E-state index in [4.69, 9.17) is 5.11 Å². The van der Waals surface area contributed by atoms with Crippen LogP contribution in [0.3, 0.4) is 0 Å². The van der Waals surface area contributed by atoms with E-state index in [0.717, 1.165) is 6.07 Å². The minimum atomic E-state index is -1.09. The Labute approximate surface area is 105 Å². The number of phenolic OH excluding ortho intramolecular Hbond substituents is 2. The molecule has 0 unspecified atom stereocenters. The third-order valence-electron chi connectivity index (χ3n) is 2.90. The summed E-state index contributed by atoms with van der Waals surface area (Å²) >= 11 is 0. The van der Waals surface area contributed by atoms with Gasteiger partial charge in [0.2, 0.25) is 0 Å². The van der Waals surface area contributed by atoms with Crippen LogP contribution in [0.15, 0.2) is 18.2 Å². The molecule has 0 saturated carbocycles. The largest absolute Gasteiger partial charge is 0.504 e. The molecule has 1 aromatic carbocycles. The van der Waals surface area contributed by atoms with Crippen LogP contribution in [0.5, 0.6) is 11.5 Å². The highest BCUT2D eigenvalue weighted by Gasteiger charge is 2.29. The maximum atomic E-state index is 11.9. The molecule has 0 aliphatic heterocycles. The van der Waals surface area contributed by atoms with Gasteiger partial charge in [-0.2, -0.15) is 0 Å². The van der Waals surface area contributed by atoms with Crippen molar-refractivity contribution in [3.8, 4) is 11.5 Å². The summed E-state index contributed by atoms with van der Waals surface area (Å²) in [5.41, 5.74) is -0.963. The number of benzene rings is 1. The van der Waals surface area contributed by atoms with E-state index in [9.17, 15) is 20.1 Å². The molecule has 100 valence electrons. The van der Waals surface area contributed by atoms with Crippen molar-refractivity contribution in [2.45, 2.75) is 18.9 Å². The van der Waals surface area contributed by atoms with E-state index in [1.54, 1.807) is 6.92 Å². The summed E-state index contributed by atoms with van der Waals surface area (Å²) in [4.78, 5) is 11.9. The van der Waals surface area contributed by atoms with Gasteiger partial charge in [-0.15, -0.1) is 0 Å². The molecule has 1 rings (SSSR count). The number of carbonyl (C=O) groups excluding carboxylic acids is 1. The topological polar surface area (TPSA) is 110 Å². The molecule has 6 heteroatoms. The number of nitrogens with one attached hydrogen (secondary N) is 1. The fourth-order valence-corrected chi connectivity index (χ4v) is 1.42. The SMILES string of the molecule is CCC(CO)(CO)NC(=O)c1ccc(O)c(O)c1. The minimum absolute atomic E-state index is 0.130. The van der Waals surface area contributed by atoms with Crippen molar-refractivity contribution in [3.05, 3.63) is 23.8 Å². The van der Waals surface area contributed by atoms with E-state index in [-0.39, 0.29) is 11.3 Å². The molecule has 0 heterocycles. The Kier molecular flexibility index (Phi) is 4.52. The fourth-order valence-electron chi connectivity index (χ4n) is 1.42. The summed E-state index contributed by atoms with van der Waals surface area (Å²) < 4.78 is 0. The van der Waals surface area contributed by atoms with Crippen molar-refractivity contribution >= 4 is 5.91 Å². The minimum Gasteiger partial charge on any atom is -0.504 e. The molecule has 0 radical (unpaired) electrons. The zero-order chi connectivity index (χ0) is 13.8. The Balaban J connectivity index is 2.90. The average molecular weight is 255 g/mol. The maximum absolute atomic E-state index is 11.9. The van der Waals surface area contributed by atoms with Gasteiger partial charge >= 0.3 is 0 Å². The lowest BCUT2D eigenvalue weighted by Gasteiger charge is -2.29. The third kappa shape index (κ3) is 2.91. The predicted octanol–water partition coefficient (Wildman–Crippen LogP) is -0.0390. The van der Waals surface area contributed by atoms with Crippen molar-refractivity contribution in [2.24, 2.45) is 0 Å². The van der Waals surface area contributed by atoms with Crippen molar-refractivity contribution in [3.63, 3.8) is 0 Å². The van der Waals surface area contributed by atoms with Gasteiger partial charge in [0.15, 0.2) is 11.5 Å². The second-order valence-electron chi connectivity index (χ2n) is 4.11. The molecule has 0 aliphatic rings. The highest BCUT2D eigenvalue weighted by atomic mass is 16.3. The maximum Gasteiger partial charge on any atom is 0.252 e. The molecule has 0 atom stereocenters. The first-order chi connectivity index (χ1) is 8.48. The fraction of sp³-hybridized carbons (Fsp3) is 0.417. The van der Waals surface area contributed by atoms with Gasteiger partial charge in [0.05, 0.1) is 18.8 Å². The van der Waals surface area contributed by atoms with Crippen LogP contribution in [0.1, 0.15) is 23.7 Å². The first-order valence-corrected chi connectivity index (χ1v) is 5.54. The molecule has 0 aromatic heterocycles. The normalized spacial score (nSPS) is 11.3. The summed E-state index contributed by atoms with van der Waals surface area (Å²) in [6, 6.07) is 3.63. The van der Waals surface area contributed by atoms with Crippen LogP contribution in [0.4, 0.5) is 0 Å². The number of aromatic hydroxyl groups is 2. The number of phenols is 2. The van der Waals surface area contributed by atoms with Crippen molar-refractivity contribution < 1.29 is 25.2 Å². The van der Waals surface area contributed by atoms with Crippen LogP contribution in [0.25, 0.3) is 0 Å². The van der Waals surface area contributed by atoms with E-state index in [0.29, 0.717) is 6.42 Å². The van der Waals surface area contributed by atoms with Gasteiger partial charge in [0, 0.05) is 5.56 Å². The second-order valence-corrected chi connectivity index (χ2v) is 4.11. The lowest BCUT2D eigenvalue weighted by molar-refractivity contribution is 0.0652. The number of carbonyl (C=O) groups is 1. The van der Waals surface area contributed by atoms with E-state index in [2.05, 4.69) is 5.32 Å². The molecular weight excluding hydrogens is 238 g/mol. The molecule has 1 amide bonds. The molecule has 0 fully saturated rings. The molecule has 18 heavy (non-hydrogen) atoms. The number of hydrogen-bond donors (Lipinski definition) is 5. The number of aliphatic hydroxyl groups is 2. The summed E-state index contributed by atoms with van der Waals surface area (Å²) in [5, 5.41) is 39.3. The van der Waals surface area contributed by atoms with Crippen LogP contribution < -0.4 is 5.32 Å². The lowest BCUT2D eigenvalue weighted by atomic mass is 9.98. The van der Waals surface area contributed by atoms with Gasteiger partial charge in [-0.05, 0) is 24.6 Å². The molecule has 0 spiro atoms. The van der Waals surface area contributed by atoms with Crippen molar-refractivity contribution in [1.82, 2.24) is 5.32 Å². The summed E-state index contributed by atoms with van der Waals surface area (Å²) in [5.74, 6) is -1.27. The molecule has 6 nitrogen and oxygen atoms in total. The Bertz CT molecular complexity index is 420. The monoisotopic (exact) mass is 255 g/mol. The van der Waals surface area contributed by atoms with Gasteiger partial charge in [-0.25, -0.2) is 0 Å². The molecule has 1 aromatic rings. The Morgan fingerprint density at radius 1 is 1.22 bits per heavy atom. The van der Waals surface area contributed by atoms with Crippen LogP contribution in [-0.2, 0) is 0 Å². The molecule has 0 saturated heterocycles. The van der Waals surface area contributed by atoms with E-state index in [1.165, 1.54) is 12.1 Å². The Morgan fingerprint density at radius 3 is 2.28 bits per heavy atom. The number of rotatable bonds is 5. The standard InChI is InChI=1S/C12H17NO5/c1-2-12(6-14,7-15)13-11(18)8-3-4-9(16)10(17)5-8/h3-5,14-17H,2,6-7H2,1H3,(H,13,18). The second kappa shape index (κ2) is 5.70. The van der Waals surface area contributed by atoms with E-state index in [1.807, 2.05) is 0 Å². The van der Waals surface area contributed by atoms with Crippen molar-refractivity contribution in [2.75, 3.05) is 13.2 Å². The van der Waals surface area contributed by atoms with Crippen LogP contribution >= 0.6 is 0 Å². The zero-order valence-electron chi connectivity index (χ0n) is 10.1. The first-order valence-electron chi connectivity index (χ1n) is 5.54. The average Bonchev–Trinajstić information content (AvgIpc) is 2.39. The quantitative estimate of drug-likeness (QED) is 0.474. The molecule has 0 bridgehead atoms. The summed E-state index contributed by atoms with van der Waals surface area (Å²) in [7, 11) is 0. The summed E-state index contributed by atoms with van der Waals surface area (Å²) in [6.45, 7) is 0.937. The van der Waals surface area contributed by atoms with Gasteiger partial charge in [0.1, 0.15) is 0 Å². The highest BCUT2D eigenvalue weighted by molar-refractivity contribution is 5.95. The van der Waals surface area contributed by atoms with Crippen molar-refractivity contribution in [1.29, 1.82) is 0 Å². The smallest absolute Gasteiger partial charge is 0.252 e. The summed E-state index contributed by atoms with van der Waals surface area (Å²) in [6.07, 6.45) is 0.357. The molecule has 0 aliphatic carbocycles. The van der Waals surface area contributed by atoms with Gasteiger partial charge in [-0.1, -0.05) is 6.92 Å². The van der Waals surface area contributed by atoms with E-state index < -0.39 is 30.4 Å². The number of amides is 1. The van der Waals surface area contributed by atoms with Crippen LogP contribution in [0, 0.1) is 0 Å². The van der Waals surface area contributed by atoms with Gasteiger partial charge in [-0.3, -0.25) is 4.79 Å². The van der Waals surface area contributed by atoms with Crippen LogP contribution in [0.2, 0.25) is 0 Å².